The highest BCUT2D eigenvalue weighted by Crippen LogP contribution is 2.45. The van der Waals surface area contributed by atoms with Gasteiger partial charge in [0.25, 0.3) is 5.78 Å². The molecule has 1 aliphatic rings. The van der Waals surface area contributed by atoms with E-state index in [4.69, 9.17) is 14.2 Å². The average molecular weight is 537 g/mol. The average Bonchev–Trinajstić information content (AvgIpc) is 3.41. The molecule has 4 rings (SSSR count). The predicted molar refractivity (Wildman–Crippen MR) is 143 cm³/mol. The molecule has 1 saturated heterocycles. The van der Waals surface area contributed by atoms with Gasteiger partial charge in [-0.3, -0.25) is 19.3 Å². The minimum atomic E-state index is -1.03. The molecule has 1 aliphatic heterocycles. The van der Waals surface area contributed by atoms with E-state index in [9.17, 15) is 19.5 Å². The van der Waals surface area contributed by atoms with Gasteiger partial charge in [-0.1, -0.05) is 17.4 Å². The zero-order chi connectivity index (χ0) is 27.6. The van der Waals surface area contributed by atoms with Crippen LogP contribution in [-0.4, -0.2) is 47.9 Å². The minimum Gasteiger partial charge on any atom is -0.507 e. The van der Waals surface area contributed by atoms with E-state index < -0.39 is 17.7 Å². The maximum atomic E-state index is 13.4. The van der Waals surface area contributed by atoms with Crippen LogP contribution in [0.5, 0.6) is 17.2 Å². The van der Waals surface area contributed by atoms with Crippen molar-refractivity contribution in [3.63, 3.8) is 0 Å². The summed E-state index contributed by atoms with van der Waals surface area (Å²) in [5, 5.41) is 11.5. The molecule has 1 aromatic heterocycles. The number of thiazole rings is 1. The minimum absolute atomic E-state index is 0.107. The summed E-state index contributed by atoms with van der Waals surface area (Å²) in [5.41, 5.74) is 1.19. The van der Waals surface area contributed by atoms with Gasteiger partial charge < -0.3 is 19.3 Å². The lowest BCUT2D eigenvalue weighted by molar-refractivity contribution is -0.132. The molecule has 38 heavy (non-hydrogen) atoms. The summed E-state index contributed by atoms with van der Waals surface area (Å²) in [6, 6.07) is 10.6. The molecule has 10 heteroatoms. The first kappa shape index (κ1) is 26.9. The lowest BCUT2D eigenvalue weighted by Crippen LogP contribution is -2.29. The molecule has 1 fully saturated rings. The predicted octanol–water partition coefficient (Wildman–Crippen LogP) is 5.09. The third kappa shape index (κ3) is 4.87. The van der Waals surface area contributed by atoms with Crippen LogP contribution in [-0.2, 0) is 9.59 Å². The van der Waals surface area contributed by atoms with E-state index in [-0.39, 0.29) is 22.2 Å². The molecule has 1 N–H and O–H groups in total. The summed E-state index contributed by atoms with van der Waals surface area (Å²) >= 11 is 1.02. The van der Waals surface area contributed by atoms with Crippen molar-refractivity contribution in [1.82, 2.24) is 4.98 Å². The Morgan fingerprint density at radius 3 is 2.29 bits per heavy atom. The molecule has 1 unspecified atom stereocenters. The Bertz CT molecular complexity index is 1430. The van der Waals surface area contributed by atoms with Gasteiger partial charge in [-0.05, 0) is 62.7 Å². The number of hydrogen-bond donors (Lipinski definition) is 1. The van der Waals surface area contributed by atoms with Crippen LogP contribution >= 0.6 is 11.3 Å². The Kier molecular flexibility index (Phi) is 7.82. The van der Waals surface area contributed by atoms with Crippen LogP contribution in [0.1, 0.15) is 53.3 Å². The van der Waals surface area contributed by atoms with Crippen LogP contribution in [0.4, 0.5) is 5.13 Å². The number of amides is 1. The highest BCUT2D eigenvalue weighted by atomic mass is 32.1. The van der Waals surface area contributed by atoms with Gasteiger partial charge in [0.1, 0.15) is 11.5 Å². The van der Waals surface area contributed by atoms with Gasteiger partial charge in [-0.15, -0.1) is 0 Å². The number of aliphatic hydroxyl groups excluding tert-OH is 1. The molecular weight excluding hydrogens is 508 g/mol. The van der Waals surface area contributed by atoms with Crippen molar-refractivity contribution >= 4 is 39.7 Å². The van der Waals surface area contributed by atoms with Crippen LogP contribution in [0.15, 0.2) is 48.0 Å². The summed E-state index contributed by atoms with van der Waals surface area (Å²) in [5.74, 6) is -0.756. The van der Waals surface area contributed by atoms with E-state index in [0.717, 1.165) is 11.3 Å². The summed E-state index contributed by atoms with van der Waals surface area (Å²) in [6.45, 7) is 7.56. The smallest absolute Gasteiger partial charge is 0.301 e. The summed E-state index contributed by atoms with van der Waals surface area (Å²) in [4.78, 5) is 45.1. The molecule has 0 radical (unpaired) electrons. The lowest BCUT2D eigenvalue weighted by atomic mass is 9.95. The molecule has 0 spiro atoms. The number of aliphatic hydroxyl groups is 1. The van der Waals surface area contributed by atoms with E-state index in [1.165, 1.54) is 18.9 Å². The first-order valence-electron chi connectivity index (χ1n) is 12.0. The zero-order valence-corrected chi connectivity index (χ0v) is 22.5. The number of aryl methyl sites for hydroxylation is 1. The van der Waals surface area contributed by atoms with E-state index in [1.807, 2.05) is 13.8 Å². The Morgan fingerprint density at radius 2 is 1.71 bits per heavy atom. The quantitative estimate of drug-likeness (QED) is 0.174. The fourth-order valence-electron chi connectivity index (χ4n) is 4.30. The number of anilines is 1. The molecule has 0 bridgehead atoms. The molecular formula is C28H28N2O7S. The highest BCUT2D eigenvalue weighted by Gasteiger charge is 2.48. The number of benzene rings is 2. The van der Waals surface area contributed by atoms with Crippen molar-refractivity contribution in [1.29, 1.82) is 0 Å². The van der Waals surface area contributed by atoms with Crippen molar-refractivity contribution in [2.75, 3.05) is 25.2 Å². The fourth-order valence-corrected chi connectivity index (χ4v) is 5.29. The van der Waals surface area contributed by atoms with Crippen LogP contribution in [0, 0.1) is 6.92 Å². The molecule has 1 amide bonds. The monoisotopic (exact) mass is 536 g/mol. The molecule has 1 atom stereocenters. The van der Waals surface area contributed by atoms with Crippen molar-refractivity contribution in [2.24, 2.45) is 0 Å². The van der Waals surface area contributed by atoms with Crippen LogP contribution in [0.2, 0.25) is 0 Å². The summed E-state index contributed by atoms with van der Waals surface area (Å²) in [6.07, 6.45) is 0. The topological polar surface area (TPSA) is 115 Å². The molecule has 3 aromatic rings. The van der Waals surface area contributed by atoms with Crippen LogP contribution < -0.4 is 19.1 Å². The second-order valence-corrected chi connectivity index (χ2v) is 9.41. The normalized spacial score (nSPS) is 16.6. The molecule has 0 saturated carbocycles. The summed E-state index contributed by atoms with van der Waals surface area (Å²) in [7, 11) is 1.52. The maximum absolute atomic E-state index is 13.4. The van der Waals surface area contributed by atoms with Gasteiger partial charge in [-0.2, -0.15) is 0 Å². The Balaban J connectivity index is 1.95. The molecule has 198 valence electrons. The first-order valence-corrected chi connectivity index (χ1v) is 12.9. The van der Waals surface area contributed by atoms with Gasteiger partial charge in [-0.25, -0.2) is 4.98 Å². The van der Waals surface area contributed by atoms with E-state index in [0.29, 0.717) is 52.2 Å². The number of nitrogens with zero attached hydrogens (tertiary/aromatic N) is 2. The number of rotatable bonds is 9. The van der Waals surface area contributed by atoms with Crippen LogP contribution in [0.3, 0.4) is 0 Å². The number of aromatic nitrogens is 1. The largest absolute Gasteiger partial charge is 0.507 e. The van der Waals surface area contributed by atoms with Crippen molar-refractivity contribution in [3.8, 4) is 17.2 Å². The number of hydrogen-bond acceptors (Lipinski definition) is 9. The standard InChI is InChI=1S/C28H28N2O7S/c1-6-36-20-13-10-18(14-21(20)37-7-2)23-22(24(32)17-8-11-19(35-5)12-9-17)25(33)27(34)30(23)28-29-15(3)26(38-28)16(4)31/h8-14,23,32H,6-7H2,1-5H3. The Morgan fingerprint density at radius 1 is 1.05 bits per heavy atom. The third-order valence-electron chi connectivity index (χ3n) is 6.00. The van der Waals surface area contributed by atoms with Crippen molar-refractivity contribution in [3.05, 3.63) is 69.7 Å². The number of carbonyl (C=O) groups excluding carboxylic acids is 3. The number of Topliss-reactive ketones (excluding diaryl/α,β-unsaturated/α-hetero) is 2. The second-order valence-electron chi connectivity index (χ2n) is 8.44. The Labute approximate surface area is 224 Å². The Hall–Kier alpha value is -4.18. The SMILES string of the molecule is CCOc1ccc(C2C(=C(O)c3ccc(OC)cc3)C(=O)C(=O)N2c2nc(C)c(C(C)=O)s2)cc1OCC. The number of methoxy groups -OCH3 is 1. The van der Waals surface area contributed by atoms with E-state index >= 15 is 0 Å². The summed E-state index contributed by atoms with van der Waals surface area (Å²) < 4.78 is 16.7. The van der Waals surface area contributed by atoms with Crippen LogP contribution in [0.25, 0.3) is 5.76 Å². The maximum Gasteiger partial charge on any atom is 0.301 e. The van der Waals surface area contributed by atoms with Gasteiger partial charge in [0.05, 0.1) is 42.5 Å². The molecule has 0 aliphatic carbocycles. The fraction of sp³-hybridized carbons (Fsp3) is 0.286. The molecule has 2 heterocycles. The number of ketones is 2. The van der Waals surface area contributed by atoms with Gasteiger partial charge >= 0.3 is 5.91 Å². The zero-order valence-electron chi connectivity index (χ0n) is 21.7. The van der Waals surface area contributed by atoms with Crippen molar-refractivity contribution < 1.29 is 33.7 Å². The van der Waals surface area contributed by atoms with Gasteiger partial charge in [0.2, 0.25) is 0 Å². The lowest BCUT2D eigenvalue weighted by Gasteiger charge is -2.24. The highest BCUT2D eigenvalue weighted by molar-refractivity contribution is 7.18. The number of carbonyl (C=O) groups is 3. The number of ether oxygens (including phenoxy) is 3. The molecule has 2 aromatic carbocycles. The van der Waals surface area contributed by atoms with Crippen molar-refractivity contribution in [2.45, 2.75) is 33.7 Å². The molecule has 9 nitrogen and oxygen atoms in total. The van der Waals surface area contributed by atoms with Gasteiger partial charge in [0, 0.05) is 12.5 Å². The third-order valence-corrected chi connectivity index (χ3v) is 7.26. The van der Waals surface area contributed by atoms with E-state index in [2.05, 4.69) is 4.98 Å². The van der Waals surface area contributed by atoms with Gasteiger partial charge in [0.15, 0.2) is 22.4 Å². The second kappa shape index (κ2) is 11.1. The van der Waals surface area contributed by atoms with E-state index in [1.54, 1.807) is 49.4 Å². The first-order chi connectivity index (χ1) is 18.2.